The van der Waals surface area contributed by atoms with Gasteiger partial charge >= 0.3 is 0 Å². The number of benzene rings is 2. The van der Waals surface area contributed by atoms with Crippen LogP contribution >= 0.6 is 27.5 Å². The summed E-state index contributed by atoms with van der Waals surface area (Å²) in [5.74, 6) is 1.06. The highest BCUT2D eigenvalue weighted by Gasteiger charge is 2.10. The molecular weight excluding hydrogens is 378 g/mol. The highest BCUT2D eigenvalue weighted by Crippen LogP contribution is 2.31. The minimum atomic E-state index is 0.429. The molecule has 1 aromatic heterocycles. The number of halogens is 2. The van der Waals surface area contributed by atoms with Gasteiger partial charge in [-0.15, -0.1) is 0 Å². The standard InChI is InChI=1S/C16H13BrClN5/c17-12-3-1-2-4-13(12)23-16-14(19)15(20-9-21-16)22-11-7-5-10(18)6-8-11/h1-9H,19H2,(H2,20,21,22,23). The summed E-state index contributed by atoms with van der Waals surface area (Å²) < 4.78 is 0.922. The van der Waals surface area contributed by atoms with Gasteiger partial charge in [-0.3, -0.25) is 0 Å². The van der Waals surface area contributed by atoms with Crippen molar-refractivity contribution in [1.82, 2.24) is 9.97 Å². The molecule has 0 amide bonds. The molecule has 5 nitrogen and oxygen atoms in total. The van der Waals surface area contributed by atoms with E-state index >= 15 is 0 Å². The lowest BCUT2D eigenvalue weighted by molar-refractivity contribution is 1.17. The molecule has 2 aromatic carbocycles. The Morgan fingerprint density at radius 3 is 2.26 bits per heavy atom. The number of hydrogen-bond donors (Lipinski definition) is 3. The van der Waals surface area contributed by atoms with E-state index in [1.807, 2.05) is 36.4 Å². The molecule has 3 rings (SSSR count). The number of rotatable bonds is 4. The van der Waals surface area contributed by atoms with Crippen LogP contribution in [0.5, 0.6) is 0 Å². The summed E-state index contributed by atoms with van der Waals surface area (Å²) >= 11 is 9.37. The third-order valence-electron chi connectivity index (χ3n) is 3.12. The molecule has 1 heterocycles. The molecule has 4 N–H and O–H groups in total. The molecule has 0 bridgehead atoms. The first kappa shape index (κ1) is 15.6. The first-order valence-corrected chi connectivity index (χ1v) is 7.95. The van der Waals surface area contributed by atoms with Crippen LogP contribution in [-0.4, -0.2) is 9.97 Å². The maximum atomic E-state index is 6.17. The largest absolute Gasteiger partial charge is 0.393 e. The van der Waals surface area contributed by atoms with Gasteiger partial charge < -0.3 is 16.4 Å². The Morgan fingerprint density at radius 1 is 0.913 bits per heavy atom. The van der Waals surface area contributed by atoms with Crippen molar-refractivity contribution < 1.29 is 0 Å². The second-order valence-electron chi connectivity index (χ2n) is 4.72. The third-order valence-corrected chi connectivity index (χ3v) is 4.06. The zero-order valence-corrected chi connectivity index (χ0v) is 14.3. The van der Waals surface area contributed by atoms with Gasteiger partial charge in [0.25, 0.3) is 0 Å². The van der Waals surface area contributed by atoms with Crippen molar-refractivity contribution in [2.75, 3.05) is 16.4 Å². The first-order valence-electron chi connectivity index (χ1n) is 6.78. The van der Waals surface area contributed by atoms with Crippen LogP contribution in [0.3, 0.4) is 0 Å². The number of aromatic nitrogens is 2. The fourth-order valence-corrected chi connectivity index (χ4v) is 2.46. The lowest BCUT2D eigenvalue weighted by Gasteiger charge is -2.13. The van der Waals surface area contributed by atoms with Gasteiger partial charge in [-0.25, -0.2) is 9.97 Å². The fraction of sp³-hybridized carbons (Fsp3) is 0. The molecule has 23 heavy (non-hydrogen) atoms. The van der Waals surface area contributed by atoms with Gasteiger partial charge in [-0.1, -0.05) is 23.7 Å². The van der Waals surface area contributed by atoms with Gasteiger partial charge in [0.15, 0.2) is 11.6 Å². The average Bonchev–Trinajstić information content (AvgIpc) is 2.55. The van der Waals surface area contributed by atoms with Crippen molar-refractivity contribution in [3.05, 3.63) is 64.4 Å². The summed E-state index contributed by atoms with van der Waals surface area (Å²) in [6.07, 6.45) is 1.45. The Kier molecular flexibility index (Phi) is 4.64. The van der Waals surface area contributed by atoms with E-state index in [9.17, 15) is 0 Å². The van der Waals surface area contributed by atoms with Crippen LogP contribution in [0.25, 0.3) is 0 Å². The number of anilines is 5. The van der Waals surface area contributed by atoms with Crippen LogP contribution in [0, 0.1) is 0 Å². The zero-order chi connectivity index (χ0) is 16.2. The van der Waals surface area contributed by atoms with Gasteiger partial charge in [0.2, 0.25) is 0 Å². The second kappa shape index (κ2) is 6.85. The lowest BCUT2D eigenvalue weighted by atomic mass is 10.3. The van der Waals surface area contributed by atoms with E-state index in [2.05, 4.69) is 36.5 Å². The van der Waals surface area contributed by atoms with Crippen molar-refractivity contribution in [3.63, 3.8) is 0 Å². The van der Waals surface area contributed by atoms with E-state index in [0.717, 1.165) is 15.8 Å². The van der Waals surface area contributed by atoms with Crippen LogP contribution in [0.2, 0.25) is 5.02 Å². The predicted molar refractivity (Wildman–Crippen MR) is 98.6 cm³/mol. The number of nitrogens with one attached hydrogen (secondary N) is 2. The Bertz CT molecular complexity index is 823. The summed E-state index contributed by atoms with van der Waals surface area (Å²) in [6.45, 7) is 0. The Hall–Kier alpha value is -2.31. The predicted octanol–water partition coefficient (Wildman–Crippen LogP) is 4.96. The van der Waals surface area contributed by atoms with Crippen LogP contribution in [0.4, 0.5) is 28.7 Å². The monoisotopic (exact) mass is 389 g/mol. The highest BCUT2D eigenvalue weighted by atomic mass is 79.9. The Labute approximate surface area is 147 Å². The summed E-state index contributed by atoms with van der Waals surface area (Å²) in [4.78, 5) is 8.39. The number of nitrogens with zero attached hydrogens (tertiary/aromatic N) is 2. The topological polar surface area (TPSA) is 75.9 Å². The van der Waals surface area contributed by atoms with Crippen LogP contribution in [-0.2, 0) is 0 Å². The number of hydrogen-bond acceptors (Lipinski definition) is 5. The minimum absolute atomic E-state index is 0.429. The normalized spacial score (nSPS) is 10.3. The summed E-state index contributed by atoms with van der Waals surface area (Å²) in [6, 6.07) is 15.0. The van der Waals surface area contributed by atoms with E-state index < -0.39 is 0 Å². The maximum Gasteiger partial charge on any atom is 0.159 e. The SMILES string of the molecule is Nc1c(Nc2ccc(Cl)cc2)ncnc1Nc1ccccc1Br. The fourth-order valence-electron chi connectivity index (χ4n) is 1.95. The summed E-state index contributed by atoms with van der Waals surface area (Å²) in [5.41, 5.74) is 8.31. The molecule has 0 atom stereocenters. The van der Waals surface area contributed by atoms with E-state index in [1.54, 1.807) is 12.1 Å². The highest BCUT2D eigenvalue weighted by molar-refractivity contribution is 9.10. The van der Waals surface area contributed by atoms with E-state index in [0.29, 0.717) is 22.3 Å². The molecule has 7 heteroatoms. The number of para-hydroxylation sites is 1. The van der Waals surface area contributed by atoms with Crippen molar-refractivity contribution in [1.29, 1.82) is 0 Å². The number of nitrogens with two attached hydrogens (primary N) is 1. The smallest absolute Gasteiger partial charge is 0.159 e. The van der Waals surface area contributed by atoms with Gasteiger partial charge in [-0.05, 0) is 52.3 Å². The van der Waals surface area contributed by atoms with Crippen molar-refractivity contribution in [2.45, 2.75) is 0 Å². The van der Waals surface area contributed by atoms with E-state index in [1.165, 1.54) is 6.33 Å². The molecular formula is C16H13BrClN5. The van der Waals surface area contributed by atoms with Crippen molar-refractivity contribution in [3.8, 4) is 0 Å². The van der Waals surface area contributed by atoms with Gasteiger partial charge in [-0.2, -0.15) is 0 Å². The molecule has 116 valence electrons. The van der Waals surface area contributed by atoms with Gasteiger partial charge in [0.1, 0.15) is 12.0 Å². The summed E-state index contributed by atoms with van der Waals surface area (Å²) in [5, 5.41) is 7.01. The first-order chi connectivity index (χ1) is 11.1. The third kappa shape index (κ3) is 3.72. The van der Waals surface area contributed by atoms with Crippen LogP contribution in [0.15, 0.2) is 59.3 Å². The van der Waals surface area contributed by atoms with Crippen molar-refractivity contribution in [2.24, 2.45) is 0 Å². The molecule has 0 radical (unpaired) electrons. The molecule has 0 fully saturated rings. The van der Waals surface area contributed by atoms with Gasteiger partial charge in [0, 0.05) is 15.2 Å². The maximum absolute atomic E-state index is 6.17. The molecule has 0 saturated carbocycles. The van der Waals surface area contributed by atoms with E-state index in [-0.39, 0.29) is 0 Å². The Balaban J connectivity index is 1.86. The molecule has 0 unspecified atom stereocenters. The number of nitrogen functional groups attached to an aromatic ring is 1. The van der Waals surface area contributed by atoms with Crippen LogP contribution < -0.4 is 16.4 Å². The molecule has 3 aromatic rings. The van der Waals surface area contributed by atoms with Crippen molar-refractivity contribution >= 4 is 56.2 Å². The van der Waals surface area contributed by atoms with Gasteiger partial charge in [0.05, 0.1) is 5.69 Å². The zero-order valence-electron chi connectivity index (χ0n) is 11.9. The Morgan fingerprint density at radius 2 is 1.57 bits per heavy atom. The summed E-state index contributed by atoms with van der Waals surface area (Å²) in [7, 11) is 0. The molecule has 0 aliphatic heterocycles. The molecule has 0 aliphatic rings. The molecule has 0 spiro atoms. The molecule has 0 aliphatic carbocycles. The average molecular weight is 391 g/mol. The van der Waals surface area contributed by atoms with E-state index in [4.69, 9.17) is 17.3 Å². The van der Waals surface area contributed by atoms with Crippen LogP contribution in [0.1, 0.15) is 0 Å². The second-order valence-corrected chi connectivity index (χ2v) is 6.01. The lowest BCUT2D eigenvalue weighted by Crippen LogP contribution is -2.05. The minimum Gasteiger partial charge on any atom is -0.393 e. The molecule has 0 saturated heterocycles. The quantitative estimate of drug-likeness (QED) is 0.587.